The number of aliphatic hydroxyl groups is 2. The van der Waals surface area contributed by atoms with Crippen molar-refractivity contribution in [3.05, 3.63) is 120 Å². The number of nitrogens with zero attached hydrogens (tertiary/aromatic N) is 4. The second-order valence-electron chi connectivity index (χ2n) is 28.4. The lowest BCUT2D eigenvalue weighted by Gasteiger charge is -2.28. The summed E-state index contributed by atoms with van der Waals surface area (Å²) >= 11 is 1.22. The van der Waals surface area contributed by atoms with Crippen molar-refractivity contribution in [2.45, 2.75) is 181 Å². The van der Waals surface area contributed by atoms with Crippen LogP contribution in [-0.2, 0) is 68.7 Å². The van der Waals surface area contributed by atoms with Crippen LogP contribution in [0.5, 0.6) is 0 Å². The fraction of sp³-hybridized carbons (Fsp3) is 0.474. The van der Waals surface area contributed by atoms with E-state index in [0.29, 0.717) is 37.7 Å². The number of carboxylic acids is 1. The third-order valence-corrected chi connectivity index (χ3v) is 19.7. The highest BCUT2D eigenvalue weighted by Gasteiger charge is 2.38. The van der Waals surface area contributed by atoms with Gasteiger partial charge in [0.1, 0.15) is 60.4 Å². The zero-order valence-electron chi connectivity index (χ0n) is 66.6. The van der Waals surface area contributed by atoms with Crippen molar-refractivity contribution in [2.24, 2.45) is 28.9 Å². The Labute approximate surface area is 685 Å². The van der Waals surface area contributed by atoms with Gasteiger partial charge in [0.2, 0.25) is 70.9 Å². The first kappa shape index (κ1) is 95.0. The van der Waals surface area contributed by atoms with Gasteiger partial charge < -0.3 is 112 Å². The molecule has 1 aliphatic rings. The maximum absolute atomic E-state index is 15.2. The molecule has 6 rings (SSSR count). The number of nitrogens with one attached hydrogen (secondary N) is 13. The molecule has 0 radical (unpaired) electrons. The van der Waals surface area contributed by atoms with Crippen LogP contribution < -0.4 is 92.1 Å². The lowest BCUT2D eigenvalue weighted by atomic mass is 10.00. The maximum Gasteiger partial charge on any atom is 0.345 e. The minimum atomic E-state index is -1.87. The van der Waals surface area contributed by atoms with Crippen LogP contribution in [0.3, 0.4) is 0 Å². The van der Waals surface area contributed by atoms with Crippen LogP contribution in [0.1, 0.15) is 120 Å². The molecule has 14 amide bonds. The van der Waals surface area contributed by atoms with Crippen molar-refractivity contribution in [1.82, 2.24) is 88.8 Å². The van der Waals surface area contributed by atoms with Gasteiger partial charge in [0, 0.05) is 80.8 Å². The molecule has 640 valence electrons. The first-order chi connectivity index (χ1) is 56.3. The van der Waals surface area contributed by atoms with Crippen LogP contribution in [0, 0.1) is 5.92 Å². The van der Waals surface area contributed by atoms with Crippen molar-refractivity contribution in [2.75, 3.05) is 59.4 Å². The molecule has 40 heteroatoms. The van der Waals surface area contributed by atoms with E-state index in [2.05, 4.69) is 74.1 Å². The Morgan fingerprint density at radius 1 is 0.636 bits per heavy atom. The summed E-state index contributed by atoms with van der Waals surface area (Å²) in [6, 6.07) is 9.05. The van der Waals surface area contributed by atoms with Gasteiger partial charge in [-0.3, -0.25) is 67.3 Å². The Morgan fingerprint density at radius 3 is 1.83 bits per heavy atom. The van der Waals surface area contributed by atoms with Gasteiger partial charge in [-0.15, -0.1) is 0 Å². The second-order valence-corrected chi connectivity index (χ2v) is 29.5. The summed E-state index contributed by atoms with van der Waals surface area (Å²) in [6.07, 6.45) is -1.55. The molecular weight excluding hydrogens is 1550 g/mol. The summed E-state index contributed by atoms with van der Waals surface area (Å²) < 4.78 is 1.07. The number of amides is 14. The molecule has 0 spiro atoms. The fourth-order valence-corrected chi connectivity index (χ4v) is 13.4. The van der Waals surface area contributed by atoms with E-state index in [1.54, 1.807) is 123 Å². The number of nitrogens with two attached hydrogens (primary N) is 4. The number of fused-ring (bicyclic) bond motifs is 1. The molecule has 0 saturated carbocycles. The third-order valence-electron chi connectivity index (χ3n) is 18.6. The van der Waals surface area contributed by atoms with Gasteiger partial charge in [0.25, 0.3) is 5.91 Å². The quantitative estimate of drug-likeness (QED) is 0.0188. The molecule has 0 bridgehead atoms. The van der Waals surface area contributed by atoms with Crippen molar-refractivity contribution < 1.29 is 87.2 Å². The third kappa shape index (κ3) is 29.7. The van der Waals surface area contributed by atoms with Crippen LogP contribution in [0.2, 0.25) is 0 Å². The number of hydrogen-bond acceptors (Lipinski definition) is 24. The zero-order chi connectivity index (χ0) is 86.7. The molecule has 1 aliphatic heterocycles. The van der Waals surface area contributed by atoms with E-state index < -0.39 is 181 Å². The maximum atomic E-state index is 15.2. The highest BCUT2D eigenvalue weighted by Crippen LogP contribution is 2.34. The fourth-order valence-electron chi connectivity index (χ4n) is 12.4. The largest absolute Gasteiger partial charge is 0.480 e. The van der Waals surface area contributed by atoms with Crippen molar-refractivity contribution in [3.8, 4) is 0 Å². The van der Waals surface area contributed by atoms with Gasteiger partial charge in [-0.05, 0) is 151 Å². The standard InChI is InChI=1S/C78H109N21O18S/c1-43(2)40-59-73(111)90-53(25-31-79)68(106)89-56(28-34-82)72(110)96-65(44(3)100)75(113)86-36-29-57(71(109)88-54(26-32-80)70(108)94-60(74(112)93-59)41-47-14-8-7-9-15-47)91-69(107)55(27-33-81)92-76(114)66(45(4)101)95-64(104)30-38-98(39-37-85-63(103)24-23-58(77(115)116)87-46(5)102)78(117)99-61-42-49(118-62-18-11-10-17-51(62)67(105)83-6)20-21-50(61)52(97-99)22-19-48-16-12-13-35-84-48/h7-22,35,42-45,53-60,65-66,100-101H,23-34,36-41,79-82H2,1-6H3,(H,83,105)(H,85,103)(H,86,113)(H,87,102)(H,88,109)(H,89,106)(H,90,111)(H,91,107)(H,92,114)(H,93,112)(H,94,108)(H,95,104)(H,96,110)(H,115,116)/b22-19+/t44-,45-,53+,54+,55+,56+,57+,58+,59+,60-,65+,66+/m1/s1. The van der Waals surface area contributed by atoms with Gasteiger partial charge in [0.15, 0.2) is 0 Å². The number of rotatable bonds is 35. The van der Waals surface area contributed by atoms with Crippen molar-refractivity contribution in [3.63, 3.8) is 0 Å². The first-order valence-corrected chi connectivity index (χ1v) is 39.5. The van der Waals surface area contributed by atoms with Crippen LogP contribution >= 0.6 is 11.8 Å². The minimum absolute atomic E-state index is 0.00423. The number of pyridine rings is 1. The first-order valence-electron chi connectivity index (χ1n) is 38.7. The topological polar surface area (TPSA) is 611 Å². The predicted octanol–water partition coefficient (Wildman–Crippen LogP) is -3.41. The van der Waals surface area contributed by atoms with Gasteiger partial charge in [0.05, 0.1) is 34.7 Å². The predicted molar refractivity (Wildman–Crippen MR) is 434 cm³/mol. The van der Waals surface area contributed by atoms with E-state index in [-0.39, 0.29) is 108 Å². The number of hydrogen-bond donors (Lipinski definition) is 20. The average molecular weight is 1660 g/mol. The van der Waals surface area contributed by atoms with Crippen molar-refractivity contribution in [1.29, 1.82) is 0 Å². The smallest absolute Gasteiger partial charge is 0.345 e. The number of aromatic nitrogens is 3. The Kier molecular flexibility index (Phi) is 38.7. The van der Waals surface area contributed by atoms with E-state index in [0.717, 1.165) is 23.4 Å². The molecular formula is C78H109N21O18S. The second kappa shape index (κ2) is 48.0. The Balaban J connectivity index is 1.31. The van der Waals surface area contributed by atoms with Crippen LogP contribution in [-0.4, -0.2) is 256 Å². The van der Waals surface area contributed by atoms with E-state index in [1.165, 1.54) is 25.7 Å². The molecule has 1 fully saturated rings. The molecule has 1 saturated heterocycles. The van der Waals surface area contributed by atoms with E-state index >= 15 is 4.79 Å². The number of aliphatic carboxylic acids is 1. The summed E-state index contributed by atoms with van der Waals surface area (Å²) in [5, 5.41) is 70.0. The van der Waals surface area contributed by atoms with Crippen molar-refractivity contribution >= 4 is 124 Å². The number of benzene rings is 3. The number of carbonyl (C=O) groups excluding carboxylic acids is 14. The van der Waals surface area contributed by atoms with E-state index in [4.69, 9.17) is 28.0 Å². The Hall–Kier alpha value is -11.8. The average Bonchev–Trinajstić information content (AvgIpc) is 1.62. The van der Waals surface area contributed by atoms with Gasteiger partial charge in [-0.2, -0.15) is 9.78 Å². The van der Waals surface area contributed by atoms with E-state index in [9.17, 15) is 82.4 Å². The molecule has 24 N–H and O–H groups in total. The molecule has 118 heavy (non-hydrogen) atoms. The van der Waals surface area contributed by atoms with Crippen LogP contribution in [0.4, 0.5) is 4.79 Å². The summed E-state index contributed by atoms with van der Waals surface area (Å²) in [5.74, 6) is -13.3. The Bertz CT molecular complexity index is 4340. The van der Waals surface area contributed by atoms with Crippen LogP contribution in [0.15, 0.2) is 107 Å². The van der Waals surface area contributed by atoms with Crippen LogP contribution in [0.25, 0.3) is 23.1 Å². The molecule has 0 unspecified atom stereocenters. The zero-order valence-corrected chi connectivity index (χ0v) is 67.4. The minimum Gasteiger partial charge on any atom is -0.480 e. The lowest BCUT2D eigenvalue weighted by Crippen LogP contribution is -2.61. The van der Waals surface area contributed by atoms with Gasteiger partial charge >= 0.3 is 12.0 Å². The molecule has 5 aromatic rings. The summed E-state index contributed by atoms with van der Waals surface area (Å²) in [7, 11) is 1.49. The van der Waals surface area contributed by atoms with Gasteiger partial charge in [-0.25, -0.2) is 9.59 Å². The highest BCUT2D eigenvalue weighted by molar-refractivity contribution is 7.99. The molecule has 12 atom stereocenters. The monoisotopic (exact) mass is 1660 g/mol. The summed E-state index contributed by atoms with van der Waals surface area (Å²) in [6.45, 7) is 4.40. The number of carbonyl (C=O) groups is 15. The summed E-state index contributed by atoms with van der Waals surface area (Å²) in [4.78, 5) is 216. The molecule has 2 aromatic heterocycles. The summed E-state index contributed by atoms with van der Waals surface area (Å²) in [5.41, 5.74) is 25.8. The Morgan fingerprint density at radius 2 is 1.24 bits per heavy atom. The highest BCUT2D eigenvalue weighted by atomic mass is 32.2. The molecule has 0 aliphatic carbocycles. The molecule has 3 heterocycles. The van der Waals surface area contributed by atoms with Gasteiger partial charge in [-0.1, -0.05) is 74.1 Å². The lowest BCUT2D eigenvalue weighted by molar-refractivity contribution is -0.142. The normalized spacial score (nSPS) is 19.4. The molecule has 3 aromatic carbocycles. The SMILES string of the molecule is CNC(=O)c1ccccc1Sc1ccc2c(/C=C/c3ccccn3)nn(C(=O)N(CCNC(=O)CC[C@H](NC(C)=O)C(=O)O)CCC(=O)N[C@H](C(=O)N[C@@H](CCN)C(=O)N[C@H]3CCNC(=O)[C@H]([C@@H](C)O)NC(=O)[C@H](CCN)NC(=O)[C@H](CCN)NC(=O)[C@H](CC(C)C)NC(=O)[C@@H](Cc4ccccc4)NC(=O)[C@H](CCN)NC3=O)[C@@H](C)O)c2c1. The number of carboxylic acid groups (broad SMARTS) is 1. The van der Waals surface area contributed by atoms with E-state index in [1.807, 2.05) is 0 Å². The molecule has 39 nitrogen and oxygen atoms in total. The number of aliphatic hydroxyl groups excluding tert-OH is 2.